The number of nitrogens with one attached hydrogen (secondary N) is 2. The summed E-state index contributed by atoms with van der Waals surface area (Å²) in [5.74, 6) is 0.277. The lowest BCUT2D eigenvalue weighted by molar-refractivity contribution is 0.128. The number of carbonyl (C=O) groups is 1. The molecule has 0 saturated heterocycles. The molecule has 0 saturated carbocycles. The first-order chi connectivity index (χ1) is 10.2. The zero-order valence-corrected chi connectivity index (χ0v) is 14.3. The molecule has 5 heteroatoms. The number of aliphatic hydroxyl groups is 1. The van der Waals surface area contributed by atoms with E-state index in [1.807, 2.05) is 26.0 Å². The molecule has 2 atom stereocenters. The quantitative estimate of drug-likeness (QED) is 0.725. The van der Waals surface area contributed by atoms with E-state index in [1.165, 1.54) is 0 Å². The number of nitrogens with zero attached hydrogens (tertiary/aromatic N) is 1. The maximum Gasteiger partial charge on any atom is 0.315 e. The Balaban J connectivity index is 2.58. The number of aliphatic hydroxyl groups excluding tert-OH is 1. The Labute approximate surface area is 133 Å². The van der Waals surface area contributed by atoms with E-state index in [4.69, 9.17) is 0 Å². The highest BCUT2D eigenvalue weighted by Gasteiger charge is 2.23. The van der Waals surface area contributed by atoms with Gasteiger partial charge in [0, 0.05) is 18.9 Å². The van der Waals surface area contributed by atoms with E-state index in [9.17, 15) is 9.90 Å². The fraction of sp³-hybridized carbons (Fsp3) is 0.647. The molecule has 0 aromatic carbocycles. The second-order valence-electron chi connectivity index (χ2n) is 7.05. The summed E-state index contributed by atoms with van der Waals surface area (Å²) < 4.78 is 0. The Morgan fingerprint density at radius 2 is 1.86 bits per heavy atom. The summed E-state index contributed by atoms with van der Waals surface area (Å²) in [7, 11) is 0. The topological polar surface area (TPSA) is 74.2 Å². The maximum atomic E-state index is 12.2. The maximum absolute atomic E-state index is 12.2. The lowest BCUT2D eigenvalue weighted by Gasteiger charge is -2.28. The highest BCUT2D eigenvalue weighted by Crippen LogP contribution is 2.22. The minimum Gasteiger partial charge on any atom is -0.393 e. The summed E-state index contributed by atoms with van der Waals surface area (Å²) in [6.07, 6.45) is 3.73. The Morgan fingerprint density at radius 3 is 2.36 bits per heavy atom. The van der Waals surface area contributed by atoms with E-state index in [0.717, 1.165) is 5.56 Å². The first-order valence-corrected chi connectivity index (χ1v) is 7.83. The minimum absolute atomic E-state index is 0.0529. The molecule has 1 aromatic heterocycles. The number of hydrogen-bond acceptors (Lipinski definition) is 3. The van der Waals surface area contributed by atoms with E-state index < -0.39 is 0 Å². The van der Waals surface area contributed by atoms with E-state index in [2.05, 4.69) is 29.5 Å². The fourth-order valence-corrected chi connectivity index (χ4v) is 2.59. The third-order valence-corrected chi connectivity index (χ3v) is 3.59. The summed E-state index contributed by atoms with van der Waals surface area (Å²) in [5.41, 5.74) is 0.901. The van der Waals surface area contributed by atoms with Gasteiger partial charge in [-0.15, -0.1) is 0 Å². The summed E-state index contributed by atoms with van der Waals surface area (Å²) in [6, 6.07) is 3.60. The number of hydrogen-bond donors (Lipinski definition) is 3. The van der Waals surface area contributed by atoms with Crippen molar-refractivity contribution in [2.24, 2.45) is 11.3 Å². The van der Waals surface area contributed by atoms with Crippen molar-refractivity contribution >= 4 is 6.03 Å². The van der Waals surface area contributed by atoms with Gasteiger partial charge in [-0.1, -0.05) is 27.7 Å². The van der Waals surface area contributed by atoms with Crippen LogP contribution < -0.4 is 10.6 Å². The first kappa shape index (κ1) is 18.4. The molecule has 0 aliphatic rings. The van der Waals surface area contributed by atoms with Crippen molar-refractivity contribution in [1.29, 1.82) is 0 Å². The molecule has 124 valence electrons. The molecular formula is C17H29N3O2. The predicted molar refractivity (Wildman–Crippen MR) is 88.4 cm³/mol. The SMILES string of the molecule is CC(C)[C@@H](NC(=O)NCC(C)(C)C[C@@H](C)O)c1ccncc1. The number of carbonyl (C=O) groups excluding carboxylic acids is 1. The average Bonchev–Trinajstić information content (AvgIpc) is 2.42. The van der Waals surface area contributed by atoms with Gasteiger partial charge in [0.2, 0.25) is 0 Å². The van der Waals surface area contributed by atoms with E-state index >= 15 is 0 Å². The molecule has 0 aliphatic heterocycles. The van der Waals surface area contributed by atoms with Crippen molar-refractivity contribution in [3.8, 4) is 0 Å². The number of urea groups is 1. The van der Waals surface area contributed by atoms with Gasteiger partial charge in [0.15, 0.2) is 0 Å². The normalized spacial score (nSPS) is 14.5. The van der Waals surface area contributed by atoms with Crippen LogP contribution in [0.15, 0.2) is 24.5 Å². The average molecular weight is 307 g/mol. The summed E-state index contributed by atoms with van der Waals surface area (Å²) in [4.78, 5) is 16.2. The van der Waals surface area contributed by atoms with Gasteiger partial charge in [0.1, 0.15) is 0 Å². The largest absolute Gasteiger partial charge is 0.393 e. The molecule has 0 aliphatic carbocycles. The van der Waals surface area contributed by atoms with Crippen molar-refractivity contribution in [2.75, 3.05) is 6.54 Å². The summed E-state index contributed by atoms with van der Waals surface area (Å²) in [5, 5.41) is 15.4. The van der Waals surface area contributed by atoms with Gasteiger partial charge in [-0.2, -0.15) is 0 Å². The molecule has 0 bridgehead atoms. The van der Waals surface area contributed by atoms with E-state index in [0.29, 0.717) is 13.0 Å². The van der Waals surface area contributed by atoms with Gasteiger partial charge in [-0.25, -0.2) is 4.79 Å². The summed E-state index contributed by atoms with van der Waals surface area (Å²) in [6.45, 7) is 10.5. The number of amides is 2. The molecule has 0 fully saturated rings. The molecule has 0 unspecified atom stereocenters. The van der Waals surface area contributed by atoms with Crippen LogP contribution in [0.2, 0.25) is 0 Å². The zero-order chi connectivity index (χ0) is 16.8. The monoisotopic (exact) mass is 307 g/mol. The molecule has 2 amide bonds. The van der Waals surface area contributed by atoms with Gasteiger partial charge in [-0.3, -0.25) is 4.98 Å². The lowest BCUT2D eigenvalue weighted by atomic mass is 9.87. The fourth-order valence-electron chi connectivity index (χ4n) is 2.59. The highest BCUT2D eigenvalue weighted by atomic mass is 16.3. The first-order valence-electron chi connectivity index (χ1n) is 7.83. The van der Waals surface area contributed by atoms with Gasteiger partial charge in [0.25, 0.3) is 0 Å². The Bertz CT molecular complexity index is 458. The molecule has 1 rings (SSSR count). The second-order valence-corrected chi connectivity index (χ2v) is 7.05. The highest BCUT2D eigenvalue weighted by molar-refractivity contribution is 5.74. The van der Waals surface area contributed by atoms with Crippen LogP contribution in [0.3, 0.4) is 0 Å². The lowest BCUT2D eigenvalue weighted by Crippen LogP contribution is -2.43. The smallest absolute Gasteiger partial charge is 0.315 e. The molecule has 5 nitrogen and oxygen atoms in total. The van der Waals surface area contributed by atoms with Gasteiger partial charge in [0.05, 0.1) is 12.1 Å². The van der Waals surface area contributed by atoms with Crippen LogP contribution in [-0.4, -0.2) is 28.8 Å². The second kappa shape index (κ2) is 8.13. The van der Waals surface area contributed by atoms with Crippen molar-refractivity contribution in [2.45, 2.75) is 53.2 Å². The van der Waals surface area contributed by atoms with Crippen molar-refractivity contribution in [3.63, 3.8) is 0 Å². The standard InChI is InChI=1S/C17H29N3O2/c1-12(2)15(14-6-8-18-9-7-14)20-16(22)19-11-17(4,5)10-13(3)21/h6-9,12-13,15,21H,10-11H2,1-5H3,(H2,19,20,22)/t13-,15-/m1/s1. The molecule has 1 aromatic rings. The van der Waals surface area contributed by atoms with Crippen LogP contribution in [0.1, 0.15) is 52.6 Å². The predicted octanol–water partition coefficient (Wildman–Crippen LogP) is 2.88. The van der Waals surface area contributed by atoms with Crippen LogP contribution in [-0.2, 0) is 0 Å². The van der Waals surface area contributed by atoms with Crippen LogP contribution in [0.25, 0.3) is 0 Å². The van der Waals surface area contributed by atoms with Crippen LogP contribution in [0.5, 0.6) is 0 Å². The van der Waals surface area contributed by atoms with E-state index in [1.54, 1.807) is 19.3 Å². The Hall–Kier alpha value is -1.62. The van der Waals surface area contributed by atoms with Gasteiger partial charge in [-0.05, 0) is 42.4 Å². The third kappa shape index (κ3) is 6.43. The van der Waals surface area contributed by atoms with Gasteiger partial charge < -0.3 is 15.7 Å². The molecule has 22 heavy (non-hydrogen) atoms. The molecular weight excluding hydrogens is 278 g/mol. The molecule has 0 spiro atoms. The zero-order valence-electron chi connectivity index (χ0n) is 14.3. The Morgan fingerprint density at radius 1 is 1.27 bits per heavy atom. The van der Waals surface area contributed by atoms with Gasteiger partial charge >= 0.3 is 6.03 Å². The Kier molecular flexibility index (Phi) is 6.81. The number of rotatable bonds is 7. The van der Waals surface area contributed by atoms with Crippen LogP contribution in [0, 0.1) is 11.3 Å². The number of aromatic nitrogens is 1. The minimum atomic E-state index is -0.375. The molecule has 3 N–H and O–H groups in total. The molecule has 0 radical (unpaired) electrons. The van der Waals surface area contributed by atoms with Crippen LogP contribution in [0.4, 0.5) is 4.79 Å². The number of pyridine rings is 1. The molecule has 1 heterocycles. The van der Waals surface area contributed by atoms with Crippen LogP contribution >= 0.6 is 0 Å². The van der Waals surface area contributed by atoms with Crippen molar-refractivity contribution in [3.05, 3.63) is 30.1 Å². The van der Waals surface area contributed by atoms with E-state index in [-0.39, 0.29) is 29.5 Å². The van der Waals surface area contributed by atoms with Crippen molar-refractivity contribution in [1.82, 2.24) is 15.6 Å². The third-order valence-electron chi connectivity index (χ3n) is 3.59. The van der Waals surface area contributed by atoms with Crippen molar-refractivity contribution < 1.29 is 9.90 Å². The summed E-state index contributed by atoms with van der Waals surface area (Å²) >= 11 is 0.